The number of morpholine rings is 1. The first kappa shape index (κ1) is 27.3. The molecule has 3 aromatic rings. The van der Waals surface area contributed by atoms with Crippen LogP contribution in [0.1, 0.15) is 15.9 Å². The molecule has 0 unspecified atom stereocenters. The van der Waals surface area contributed by atoms with Crippen molar-refractivity contribution in [3.8, 4) is 11.4 Å². The summed E-state index contributed by atoms with van der Waals surface area (Å²) in [6.45, 7) is 4.55. The third kappa shape index (κ3) is 8.14. The summed E-state index contributed by atoms with van der Waals surface area (Å²) in [5, 5.41) is 8.65. The molecule has 1 aliphatic heterocycles. The normalized spacial score (nSPS) is 14.1. The number of nitrogens with two attached hydrogens (primary N) is 1. The van der Waals surface area contributed by atoms with E-state index >= 15 is 0 Å². The highest BCUT2D eigenvalue weighted by Gasteiger charge is 2.15. The number of halogens is 1. The summed E-state index contributed by atoms with van der Waals surface area (Å²) >= 11 is 0. The van der Waals surface area contributed by atoms with E-state index < -0.39 is 16.0 Å². The fraction of sp³-hybridized carbons (Fsp3) is 0.292. The van der Waals surface area contributed by atoms with Crippen LogP contribution in [0.2, 0.25) is 0 Å². The van der Waals surface area contributed by atoms with E-state index in [0.29, 0.717) is 44.2 Å². The van der Waals surface area contributed by atoms with Crippen LogP contribution in [0.25, 0.3) is 11.4 Å². The van der Waals surface area contributed by atoms with Crippen LogP contribution in [-0.2, 0) is 21.3 Å². The van der Waals surface area contributed by atoms with E-state index in [4.69, 9.17) is 15.6 Å². The Balaban J connectivity index is 0.000000205. The Kier molecular flexibility index (Phi) is 9.96. The lowest BCUT2D eigenvalue weighted by Crippen LogP contribution is -2.41. The average Bonchev–Trinajstić information content (AvgIpc) is 2.90. The maximum Gasteiger partial charge on any atom is 0.338 e. The van der Waals surface area contributed by atoms with E-state index in [2.05, 4.69) is 19.6 Å². The number of rotatable bonds is 8. The standard InChI is InChI=1S/C13H21N3O3S.C11H7FN2O2/c14-11-12-2-1-3-13(10-12)20(17,18)15-4-5-16-6-8-19-9-7-16;12-9-3-1-2-7(4-9)10-13-5-8(6-14-10)11(15)16/h1-3,10,15H,4-9,11,14H2;1-6H,(H,15,16). The molecule has 10 nitrogen and oxygen atoms in total. The molecule has 1 aromatic heterocycles. The van der Waals surface area contributed by atoms with Gasteiger partial charge in [0.1, 0.15) is 5.82 Å². The van der Waals surface area contributed by atoms with Gasteiger partial charge in [-0.25, -0.2) is 32.3 Å². The number of carbonyl (C=O) groups is 1. The second-order valence-electron chi connectivity index (χ2n) is 7.81. The number of ether oxygens (including phenoxy) is 1. The molecule has 0 spiro atoms. The molecule has 192 valence electrons. The highest BCUT2D eigenvalue weighted by molar-refractivity contribution is 7.89. The van der Waals surface area contributed by atoms with Gasteiger partial charge in [0.05, 0.1) is 23.7 Å². The molecule has 36 heavy (non-hydrogen) atoms. The molecule has 0 atom stereocenters. The number of aromatic carboxylic acids is 1. The minimum atomic E-state index is -3.46. The highest BCUT2D eigenvalue weighted by Crippen LogP contribution is 2.15. The van der Waals surface area contributed by atoms with Gasteiger partial charge < -0.3 is 15.6 Å². The Morgan fingerprint density at radius 3 is 2.44 bits per heavy atom. The van der Waals surface area contributed by atoms with E-state index in [9.17, 15) is 17.6 Å². The van der Waals surface area contributed by atoms with E-state index in [1.165, 1.54) is 24.5 Å². The molecule has 0 bridgehead atoms. The topological polar surface area (TPSA) is 148 Å². The SMILES string of the molecule is NCc1cccc(S(=O)(=O)NCCN2CCOCC2)c1.O=C(O)c1cnc(-c2cccc(F)c2)nc1. The molecule has 0 aliphatic carbocycles. The number of nitrogens with zero attached hydrogens (tertiary/aromatic N) is 3. The summed E-state index contributed by atoms with van der Waals surface area (Å²) in [5.74, 6) is -1.18. The zero-order chi connectivity index (χ0) is 26.0. The molecule has 2 heterocycles. The van der Waals surface area contributed by atoms with Crippen molar-refractivity contribution in [1.29, 1.82) is 0 Å². The van der Waals surface area contributed by atoms with Crippen LogP contribution in [-0.4, -0.2) is 73.8 Å². The lowest BCUT2D eigenvalue weighted by Gasteiger charge is -2.26. The number of nitrogens with one attached hydrogen (secondary N) is 1. The Hall–Kier alpha value is -3.29. The maximum atomic E-state index is 12.9. The number of aromatic nitrogens is 2. The number of benzene rings is 2. The molecule has 4 rings (SSSR count). The highest BCUT2D eigenvalue weighted by atomic mass is 32.2. The second-order valence-corrected chi connectivity index (χ2v) is 9.58. The largest absolute Gasteiger partial charge is 0.478 e. The Morgan fingerprint density at radius 1 is 1.11 bits per heavy atom. The van der Waals surface area contributed by atoms with Crippen LogP contribution in [0.3, 0.4) is 0 Å². The molecule has 0 amide bonds. The Labute approximate surface area is 209 Å². The Bertz CT molecular complexity index is 1250. The summed E-state index contributed by atoms with van der Waals surface area (Å²) in [6.07, 6.45) is 2.38. The predicted octanol–water partition coefficient (Wildman–Crippen LogP) is 1.74. The molecular formula is C24H28FN5O5S. The van der Waals surface area contributed by atoms with Gasteiger partial charge in [-0.2, -0.15) is 0 Å². The fourth-order valence-corrected chi connectivity index (χ4v) is 4.39. The van der Waals surface area contributed by atoms with Crippen LogP contribution in [0.5, 0.6) is 0 Å². The number of carboxylic acids is 1. The lowest BCUT2D eigenvalue weighted by molar-refractivity contribution is 0.0390. The molecule has 2 aromatic carbocycles. The van der Waals surface area contributed by atoms with Gasteiger partial charge in [0, 0.05) is 50.7 Å². The van der Waals surface area contributed by atoms with Crippen molar-refractivity contribution in [3.05, 3.63) is 77.9 Å². The summed E-state index contributed by atoms with van der Waals surface area (Å²) in [6, 6.07) is 12.5. The van der Waals surface area contributed by atoms with Crippen LogP contribution in [0, 0.1) is 5.82 Å². The minimum absolute atomic E-state index is 0.000142. The first-order valence-corrected chi connectivity index (χ1v) is 12.7. The molecule has 12 heteroatoms. The van der Waals surface area contributed by atoms with Crippen LogP contribution in [0.4, 0.5) is 4.39 Å². The zero-order valence-electron chi connectivity index (χ0n) is 19.5. The maximum absolute atomic E-state index is 12.9. The summed E-state index contributed by atoms with van der Waals surface area (Å²) in [5.41, 5.74) is 6.84. The molecule has 1 aliphatic rings. The van der Waals surface area contributed by atoms with Crippen molar-refractivity contribution in [2.75, 3.05) is 39.4 Å². The average molecular weight is 518 g/mol. The van der Waals surface area contributed by atoms with Crippen molar-refractivity contribution in [1.82, 2.24) is 19.6 Å². The van der Waals surface area contributed by atoms with E-state index in [0.717, 1.165) is 18.7 Å². The van der Waals surface area contributed by atoms with Gasteiger partial charge in [0.2, 0.25) is 10.0 Å². The van der Waals surface area contributed by atoms with Crippen LogP contribution >= 0.6 is 0 Å². The van der Waals surface area contributed by atoms with Gasteiger partial charge in [-0.05, 0) is 29.8 Å². The fourth-order valence-electron chi connectivity index (χ4n) is 3.30. The summed E-state index contributed by atoms with van der Waals surface area (Å²) in [7, 11) is -3.46. The van der Waals surface area contributed by atoms with Gasteiger partial charge in [0.25, 0.3) is 0 Å². The van der Waals surface area contributed by atoms with Gasteiger partial charge in [0.15, 0.2) is 5.82 Å². The van der Waals surface area contributed by atoms with Crippen LogP contribution < -0.4 is 10.5 Å². The number of hydrogen-bond acceptors (Lipinski definition) is 8. The number of sulfonamides is 1. The van der Waals surface area contributed by atoms with Crippen molar-refractivity contribution >= 4 is 16.0 Å². The third-order valence-corrected chi connectivity index (χ3v) is 6.71. The molecule has 0 radical (unpaired) electrons. The van der Waals surface area contributed by atoms with Gasteiger partial charge in [-0.3, -0.25) is 4.90 Å². The zero-order valence-corrected chi connectivity index (χ0v) is 20.3. The van der Waals surface area contributed by atoms with E-state index in [1.807, 2.05) is 6.07 Å². The molecule has 4 N–H and O–H groups in total. The van der Waals surface area contributed by atoms with Crippen LogP contribution in [0.15, 0.2) is 65.8 Å². The second kappa shape index (κ2) is 13.1. The molecular weight excluding hydrogens is 489 g/mol. The number of carboxylic acid groups (broad SMARTS) is 1. The van der Waals surface area contributed by atoms with Gasteiger partial charge in [-0.15, -0.1) is 0 Å². The minimum Gasteiger partial charge on any atom is -0.478 e. The molecule has 0 saturated carbocycles. The van der Waals surface area contributed by atoms with Crippen molar-refractivity contribution in [2.45, 2.75) is 11.4 Å². The first-order valence-electron chi connectivity index (χ1n) is 11.2. The smallest absolute Gasteiger partial charge is 0.338 e. The predicted molar refractivity (Wildman–Crippen MR) is 131 cm³/mol. The molecule has 1 saturated heterocycles. The molecule has 1 fully saturated rings. The van der Waals surface area contributed by atoms with Gasteiger partial charge >= 0.3 is 5.97 Å². The van der Waals surface area contributed by atoms with Crippen molar-refractivity contribution in [2.24, 2.45) is 5.73 Å². The third-order valence-electron chi connectivity index (χ3n) is 5.25. The van der Waals surface area contributed by atoms with Gasteiger partial charge in [-0.1, -0.05) is 24.3 Å². The first-order chi connectivity index (χ1) is 17.3. The Morgan fingerprint density at radius 2 is 1.81 bits per heavy atom. The monoisotopic (exact) mass is 517 g/mol. The van der Waals surface area contributed by atoms with Crippen molar-refractivity contribution in [3.63, 3.8) is 0 Å². The number of hydrogen-bond donors (Lipinski definition) is 3. The summed E-state index contributed by atoms with van der Waals surface area (Å²) < 4.78 is 45.1. The quantitative estimate of drug-likeness (QED) is 0.406. The van der Waals surface area contributed by atoms with E-state index in [1.54, 1.807) is 30.3 Å². The lowest BCUT2D eigenvalue weighted by atomic mass is 10.2. The van der Waals surface area contributed by atoms with Crippen molar-refractivity contribution < 1.29 is 27.4 Å². The summed E-state index contributed by atoms with van der Waals surface area (Å²) in [4.78, 5) is 20.7. The van der Waals surface area contributed by atoms with E-state index in [-0.39, 0.29) is 16.3 Å².